The zero-order valence-electron chi connectivity index (χ0n) is 10.8. The molecule has 0 radical (unpaired) electrons. The number of nitrogens with one attached hydrogen (secondary N) is 2. The number of hydrogen-bond acceptors (Lipinski definition) is 2. The normalized spacial score (nSPS) is 25.8. The molecule has 0 spiro atoms. The number of benzene rings is 1. The van der Waals surface area contributed by atoms with Gasteiger partial charge in [0.25, 0.3) is 0 Å². The first-order valence-corrected chi connectivity index (χ1v) is 6.07. The van der Waals surface area contributed by atoms with Crippen molar-refractivity contribution in [3.63, 3.8) is 0 Å². The highest BCUT2D eigenvalue weighted by atomic mass is 15.1. The highest BCUT2D eigenvalue weighted by Gasteiger charge is 2.30. The van der Waals surface area contributed by atoms with Crippen molar-refractivity contribution >= 4 is 0 Å². The molecule has 2 nitrogen and oxygen atoms in total. The van der Waals surface area contributed by atoms with Crippen molar-refractivity contribution in [3.8, 4) is 0 Å². The smallest absolute Gasteiger partial charge is 0.0538 e. The minimum absolute atomic E-state index is 0.0834. The fourth-order valence-corrected chi connectivity index (χ4v) is 3.05. The molecule has 88 valence electrons. The van der Waals surface area contributed by atoms with Crippen LogP contribution in [0.3, 0.4) is 0 Å². The predicted molar refractivity (Wildman–Crippen MR) is 68.9 cm³/mol. The first-order valence-electron chi connectivity index (χ1n) is 6.07. The molecule has 16 heavy (non-hydrogen) atoms. The van der Waals surface area contributed by atoms with E-state index >= 15 is 0 Å². The molecule has 2 rings (SSSR count). The second-order valence-corrected chi connectivity index (χ2v) is 5.21. The molecule has 0 saturated carbocycles. The summed E-state index contributed by atoms with van der Waals surface area (Å²) in [5, 5.41) is 7.13. The van der Waals surface area contributed by atoms with Crippen LogP contribution in [0, 0.1) is 20.8 Å². The summed E-state index contributed by atoms with van der Waals surface area (Å²) in [6.07, 6.45) is 0. The van der Waals surface area contributed by atoms with Gasteiger partial charge in [0.2, 0.25) is 0 Å². The second kappa shape index (κ2) is 4.19. The summed E-state index contributed by atoms with van der Waals surface area (Å²) >= 11 is 0. The van der Waals surface area contributed by atoms with Gasteiger partial charge in [-0.2, -0.15) is 0 Å². The van der Waals surface area contributed by atoms with Gasteiger partial charge < -0.3 is 10.6 Å². The first-order chi connectivity index (χ1) is 7.53. The molecule has 1 aliphatic heterocycles. The Bertz CT molecular complexity index is 367. The number of piperazine rings is 1. The lowest BCUT2D eigenvalue weighted by atomic mass is 9.83. The summed E-state index contributed by atoms with van der Waals surface area (Å²) in [5.41, 5.74) is 5.70. The fourth-order valence-electron chi connectivity index (χ4n) is 3.05. The Balaban J connectivity index is 2.46. The molecule has 1 aliphatic rings. The molecule has 1 fully saturated rings. The third-order valence-corrected chi connectivity index (χ3v) is 3.52. The lowest BCUT2D eigenvalue weighted by Crippen LogP contribution is -2.55. The van der Waals surface area contributed by atoms with Crippen LogP contribution in [-0.4, -0.2) is 19.6 Å². The number of hydrogen-bond donors (Lipinski definition) is 2. The van der Waals surface area contributed by atoms with Crippen molar-refractivity contribution in [2.75, 3.05) is 19.6 Å². The van der Waals surface area contributed by atoms with E-state index in [1.54, 1.807) is 0 Å². The lowest BCUT2D eigenvalue weighted by Gasteiger charge is -2.38. The van der Waals surface area contributed by atoms with Crippen LogP contribution < -0.4 is 10.6 Å². The van der Waals surface area contributed by atoms with E-state index < -0.39 is 0 Å². The highest BCUT2D eigenvalue weighted by molar-refractivity contribution is 5.42. The van der Waals surface area contributed by atoms with Crippen LogP contribution in [0.1, 0.15) is 29.2 Å². The topological polar surface area (TPSA) is 24.1 Å². The average molecular weight is 218 g/mol. The summed E-state index contributed by atoms with van der Waals surface area (Å²) in [4.78, 5) is 0. The molecular weight excluding hydrogens is 196 g/mol. The third-order valence-electron chi connectivity index (χ3n) is 3.52. The van der Waals surface area contributed by atoms with Crippen LogP contribution >= 0.6 is 0 Å². The molecule has 2 N–H and O–H groups in total. The molecule has 0 bridgehead atoms. The second-order valence-electron chi connectivity index (χ2n) is 5.21. The van der Waals surface area contributed by atoms with Gasteiger partial charge in [-0.15, -0.1) is 0 Å². The van der Waals surface area contributed by atoms with Crippen LogP contribution in [0.2, 0.25) is 0 Å². The molecule has 1 unspecified atom stereocenters. The number of rotatable bonds is 1. The molecule has 1 aromatic rings. The van der Waals surface area contributed by atoms with Crippen LogP contribution in [0.5, 0.6) is 0 Å². The first kappa shape index (κ1) is 11.6. The molecule has 1 heterocycles. The molecule has 1 atom stereocenters. The average Bonchev–Trinajstić information content (AvgIpc) is 2.16. The van der Waals surface area contributed by atoms with E-state index in [2.05, 4.69) is 50.5 Å². The molecule has 0 aromatic heterocycles. The quantitative estimate of drug-likeness (QED) is 0.753. The standard InChI is InChI=1S/C14H22N2/c1-10-7-11(2)13(12(3)8-10)14(4)9-15-5-6-16-14/h7-8,15-16H,5-6,9H2,1-4H3. The minimum atomic E-state index is 0.0834. The molecule has 1 saturated heterocycles. The predicted octanol–water partition coefficient (Wildman–Crippen LogP) is 2.02. The SMILES string of the molecule is Cc1cc(C)c(C2(C)CNCCN2)c(C)c1. The van der Waals surface area contributed by atoms with Crippen molar-refractivity contribution < 1.29 is 0 Å². The molecule has 0 aliphatic carbocycles. The van der Waals surface area contributed by atoms with Crippen LogP contribution in [0.15, 0.2) is 12.1 Å². The van der Waals surface area contributed by atoms with Crippen molar-refractivity contribution in [1.29, 1.82) is 0 Å². The van der Waals surface area contributed by atoms with E-state index in [0.717, 1.165) is 19.6 Å². The Morgan fingerprint density at radius 3 is 2.19 bits per heavy atom. The summed E-state index contributed by atoms with van der Waals surface area (Å²) in [6, 6.07) is 4.56. The Morgan fingerprint density at radius 1 is 1.06 bits per heavy atom. The molecular formula is C14H22N2. The largest absolute Gasteiger partial charge is 0.313 e. The van der Waals surface area contributed by atoms with Crippen LogP contribution in [-0.2, 0) is 5.54 Å². The maximum absolute atomic E-state index is 3.65. The van der Waals surface area contributed by atoms with Crippen molar-refractivity contribution in [2.24, 2.45) is 0 Å². The zero-order valence-corrected chi connectivity index (χ0v) is 10.8. The van der Waals surface area contributed by atoms with E-state index in [9.17, 15) is 0 Å². The van der Waals surface area contributed by atoms with Gasteiger partial charge in [-0.25, -0.2) is 0 Å². The van der Waals surface area contributed by atoms with E-state index in [0.29, 0.717) is 0 Å². The number of aryl methyl sites for hydroxylation is 3. The maximum Gasteiger partial charge on any atom is 0.0538 e. The van der Waals surface area contributed by atoms with Gasteiger partial charge >= 0.3 is 0 Å². The van der Waals surface area contributed by atoms with Gasteiger partial charge in [-0.3, -0.25) is 0 Å². The minimum Gasteiger partial charge on any atom is -0.313 e. The van der Waals surface area contributed by atoms with Crippen molar-refractivity contribution in [1.82, 2.24) is 10.6 Å². The van der Waals surface area contributed by atoms with Crippen molar-refractivity contribution in [3.05, 3.63) is 34.4 Å². The van der Waals surface area contributed by atoms with Gasteiger partial charge in [0.1, 0.15) is 0 Å². The zero-order chi connectivity index (χ0) is 11.8. The summed E-state index contributed by atoms with van der Waals surface area (Å²) in [5.74, 6) is 0. The Morgan fingerprint density at radius 2 is 1.69 bits per heavy atom. The summed E-state index contributed by atoms with van der Waals surface area (Å²) < 4.78 is 0. The Hall–Kier alpha value is -0.860. The van der Waals surface area contributed by atoms with Gasteiger partial charge in [0, 0.05) is 19.6 Å². The van der Waals surface area contributed by atoms with E-state index in [-0.39, 0.29) is 5.54 Å². The Kier molecular flexibility index (Phi) is 3.04. The Labute approximate surface area is 98.4 Å². The monoisotopic (exact) mass is 218 g/mol. The molecule has 1 aromatic carbocycles. The van der Waals surface area contributed by atoms with E-state index in [1.807, 2.05) is 0 Å². The van der Waals surface area contributed by atoms with Gasteiger partial charge in [-0.1, -0.05) is 17.7 Å². The van der Waals surface area contributed by atoms with Crippen LogP contribution in [0.4, 0.5) is 0 Å². The highest BCUT2D eigenvalue weighted by Crippen LogP contribution is 2.28. The lowest BCUT2D eigenvalue weighted by molar-refractivity contribution is 0.300. The van der Waals surface area contributed by atoms with Crippen LogP contribution in [0.25, 0.3) is 0 Å². The van der Waals surface area contributed by atoms with Crippen molar-refractivity contribution in [2.45, 2.75) is 33.2 Å². The fraction of sp³-hybridized carbons (Fsp3) is 0.571. The van der Waals surface area contributed by atoms with E-state index in [1.165, 1.54) is 22.3 Å². The van der Waals surface area contributed by atoms with Gasteiger partial charge in [-0.05, 0) is 44.4 Å². The van der Waals surface area contributed by atoms with Gasteiger partial charge in [0.15, 0.2) is 0 Å². The van der Waals surface area contributed by atoms with Gasteiger partial charge in [0.05, 0.1) is 5.54 Å². The molecule has 0 amide bonds. The summed E-state index contributed by atoms with van der Waals surface area (Å²) in [6.45, 7) is 12.0. The summed E-state index contributed by atoms with van der Waals surface area (Å²) in [7, 11) is 0. The maximum atomic E-state index is 3.65. The molecule has 2 heteroatoms. The third kappa shape index (κ3) is 2.00. The van der Waals surface area contributed by atoms with E-state index in [4.69, 9.17) is 0 Å².